The molecule has 0 radical (unpaired) electrons. The van der Waals surface area contributed by atoms with Gasteiger partial charge in [-0.05, 0) is 43.0 Å². The lowest BCUT2D eigenvalue weighted by Gasteiger charge is -2.05. The third-order valence-corrected chi connectivity index (χ3v) is 4.70. The summed E-state index contributed by atoms with van der Waals surface area (Å²) in [7, 11) is 3.64. The normalized spacial score (nSPS) is 10.9. The molecule has 0 bridgehead atoms. The van der Waals surface area contributed by atoms with Gasteiger partial charge in [-0.25, -0.2) is 9.87 Å². The van der Waals surface area contributed by atoms with E-state index in [1.54, 1.807) is 22.4 Å². The third-order valence-electron chi connectivity index (χ3n) is 3.67. The van der Waals surface area contributed by atoms with E-state index in [-0.39, 0.29) is 5.56 Å². The smallest absolute Gasteiger partial charge is 0.277 e. The molecule has 0 aliphatic carbocycles. The van der Waals surface area contributed by atoms with E-state index in [0.29, 0.717) is 21.6 Å². The van der Waals surface area contributed by atoms with Crippen LogP contribution in [0.5, 0.6) is 0 Å². The predicted molar refractivity (Wildman–Crippen MR) is 87.7 cm³/mol. The number of amides is 1. The molecule has 1 aromatic carbocycles. The largest absolute Gasteiger partial charge is 0.304 e. The maximum atomic E-state index is 14.0. The number of aromatic nitrogens is 5. The highest BCUT2D eigenvalue weighted by Crippen LogP contribution is 2.29. The number of carbonyl (C=O) groups excluding carboxylic acids is 1. The topological polar surface area (TPSA) is 97.9 Å². The van der Waals surface area contributed by atoms with Crippen LogP contribution in [0.1, 0.15) is 16.1 Å². The maximum Gasteiger partial charge on any atom is 0.277 e. The molecular formula is C15H15FN6O2S. The van der Waals surface area contributed by atoms with Crippen molar-refractivity contribution in [2.45, 2.75) is 17.0 Å². The summed E-state index contributed by atoms with van der Waals surface area (Å²) in [6.07, 6.45) is 0. The average molecular weight is 362 g/mol. The highest BCUT2D eigenvalue weighted by molar-refractivity contribution is 7.99. The van der Waals surface area contributed by atoms with E-state index < -0.39 is 11.7 Å². The molecule has 2 N–H and O–H groups in total. The Hall–Kier alpha value is -2.72. The number of rotatable bonds is 4. The second-order valence-corrected chi connectivity index (χ2v) is 6.39. The Labute approximate surface area is 146 Å². The van der Waals surface area contributed by atoms with Crippen LogP contribution in [0.15, 0.2) is 34.3 Å². The molecule has 0 atom stereocenters. The van der Waals surface area contributed by atoms with Gasteiger partial charge in [-0.2, -0.15) is 5.10 Å². The minimum absolute atomic E-state index is 0.241. The van der Waals surface area contributed by atoms with E-state index >= 15 is 0 Å². The van der Waals surface area contributed by atoms with E-state index in [9.17, 15) is 9.18 Å². The van der Waals surface area contributed by atoms with Gasteiger partial charge >= 0.3 is 0 Å². The van der Waals surface area contributed by atoms with Crippen molar-refractivity contribution < 1.29 is 14.4 Å². The quantitative estimate of drug-likeness (QED) is 0.544. The number of hydroxylamine groups is 1. The second-order valence-electron chi connectivity index (χ2n) is 5.34. The molecule has 0 fully saturated rings. The van der Waals surface area contributed by atoms with Gasteiger partial charge < -0.3 is 4.57 Å². The fourth-order valence-electron chi connectivity index (χ4n) is 2.21. The van der Waals surface area contributed by atoms with Crippen molar-refractivity contribution in [2.24, 2.45) is 14.1 Å². The van der Waals surface area contributed by atoms with E-state index in [2.05, 4.69) is 15.3 Å². The summed E-state index contributed by atoms with van der Waals surface area (Å²) in [5.41, 5.74) is 2.86. The van der Waals surface area contributed by atoms with Crippen LogP contribution < -0.4 is 5.48 Å². The van der Waals surface area contributed by atoms with Crippen molar-refractivity contribution in [3.8, 4) is 11.5 Å². The van der Waals surface area contributed by atoms with Crippen LogP contribution in [0.3, 0.4) is 0 Å². The number of benzene rings is 1. The summed E-state index contributed by atoms with van der Waals surface area (Å²) in [5.74, 6) is -1.04. The Bertz CT molecular complexity index is 932. The molecule has 2 aromatic heterocycles. The molecule has 0 aliphatic rings. The number of halogens is 1. The molecule has 0 saturated heterocycles. The van der Waals surface area contributed by atoms with E-state index in [4.69, 9.17) is 5.21 Å². The first-order valence-electron chi connectivity index (χ1n) is 7.23. The number of hydrogen-bond acceptors (Lipinski definition) is 6. The van der Waals surface area contributed by atoms with E-state index in [1.807, 2.05) is 20.0 Å². The van der Waals surface area contributed by atoms with Gasteiger partial charge in [0.2, 0.25) is 0 Å². The summed E-state index contributed by atoms with van der Waals surface area (Å²) in [5, 5.41) is 21.8. The summed E-state index contributed by atoms with van der Waals surface area (Å²) in [6, 6.07) is 5.97. The van der Waals surface area contributed by atoms with Crippen molar-refractivity contribution in [2.75, 3.05) is 0 Å². The molecule has 3 aromatic rings. The van der Waals surface area contributed by atoms with Gasteiger partial charge in [0.05, 0.1) is 5.56 Å². The van der Waals surface area contributed by atoms with Crippen molar-refractivity contribution in [1.29, 1.82) is 0 Å². The minimum atomic E-state index is -0.902. The van der Waals surface area contributed by atoms with Crippen molar-refractivity contribution in [1.82, 2.24) is 30.0 Å². The SMILES string of the molecule is Cc1cc(-c2nnc(Sc3ccc(C(=O)NO)c(F)c3)n2C)nn1C. The molecule has 0 aliphatic heterocycles. The lowest BCUT2D eigenvalue weighted by Crippen LogP contribution is -2.19. The van der Waals surface area contributed by atoms with Crippen LogP contribution in [0, 0.1) is 12.7 Å². The Morgan fingerprint density at radius 3 is 2.64 bits per heavy atom. The monoisotopic (exact) mass is 362 g/mol. The molecule has 25 heavy (non-hydrogen) atoms. The van der Waals surface area contributed by atoms with Crippen LogP contribution in [0.25, 0.3) is 11.5 Å². The number of carbonyl (C=O) groups is 1. The summed E-state index contributed by atoms with van der Waals surface area (Å²) < 4.78 is 17.5. The lowest BCUT2D eigenvalue weighted by molar-refractivity contribution is 0.0701. The van der Waals surface area contributed by atoms with Gasteiger partial charge in [0.15, 0.2) is 11.0 Å². The third kappa shape index (κ3) is 3.26. The maximum absolute atomic E-state index is 14.0. The highest BCUT2D eigenvalue weighted by Gasteiger charge is 2.17. The number of nitrogens with one attached hydrogen (secondary N) is 1. The zero-order valence-corrected chi connectivity index (χ0v) is 14.5. The van der Waals surface area contributed by atoms with Crippen LogP contribution in [-0.4, -0.2) is 35.7 Å². The second kappa shape index (κ2) is 6.65. The van der Waals surface area contributed by atoms with Crippen LogP contribution in [-0.2, 0) is 14.1 Å². The molecule has 0 spiro atoms. The average Bonchev–Trinajstić information content (AvgIpc) is 3.10. The fraction of sp³-hybridized carbons (Fsp3) is 0.200. The van der Waals surface area contributed by atoms with Crippen molar-refractivity contribution >= 4 is 17.7 Å². The molecule has 1 amide bonds. The van der Waals surface area contributed by atoms with Crippen molar-refractivity contribution in [3.05, 3.63) is 41.3 Å². The zero-order chi connectivity index (χ0) is 18.1. The molecule has 10 heteroatoms. The van der Waals surface area contributed by atoms with Crippen LogP contribution in [0.2, 0.25) is 0 Å². The molecular weight excluding hydrogens is 347 g/mol. The first kappa shape index (κ1) is 17.1. The van der Waals surface area contributed by atoms with Gasteiger partial charge in [0, 0.05) is 24.7 Å². The van der Waals surface area contributed by atoms with Crippen molar-refractivity contribution in [3.63, 3.8) is 0 Å². The Kier molecular flexibility index (Phi) is 4.55. The fourth-order valence-corrected chi connectivity index (χ4v) is 3.02. The highest BCUT2D eigenvalue weighted by atomic mass is 32.2. The Morgan fingerprint density at radius 1 is 1.28 bits per heavy atom. The molecule has 0 unspecified atom stereocenters. The van der Waals surface area contributed by atoms with Crippen LogP contribution >= 0.6 is 11.8 Å². The Morgan fingerprint density at radius 2 is 2.04 bits per heavy atom. The number of aryl methyl sites for hydroxylation is 2. The van der Waals surface area contributed by atoms with Gasteiger partial charge in [-0.1, -0.05) is 0 Å². The van der Waals surface area contributed by atoms with Gasteiger partial charge in [-0.15, -0.1) is 10.2 Å². The predicted octanol–water partition coefficient (Wildman–Crippen LogP) is 1.93. The first-order valence-corrected chi connectivity index (χ1v) is 8.04. The number of hydrogen-bond donors (Lipinski definition) is 2. The number of nitrogens with zero attached hydrogens (tertiary/aromatic N) is 5. The summed E-state index contributed by atoms with van der Waals surface area (Å²) in [6.45, 7) is 1.94. The molecule has 2 heterocycles. The molecule has 0 saturated carbocycles. The molecule has 130 valence electrons. The zero-order valence-electron chi connectivity index (χ0n) is 13.7. The first-order chi connectivity index (χ1) is 11.9. The van der Waals surface area contributed by atoms with Gasteiger partial charge in [0.1, 0.15) is 11.5 Å². The van der Waals surface area contributed by atoms with Crippen LogP contribution in [0.4, 0.5) is 4.39 Å². The Balaban J connectivity index is 1.87. The summed E-state index contributed by atoms with van der Waals surface area (Å²) >= 11 is 1.20. The molecule has 3 rings (SSSR count). The standard InChI is InChI=1S/C15H15FN6O2S/c1-8-6-12(19-22(8)3)13-17-18-15(21(13)2)25-9-4-5-10(11(16)7-9)14(23)20-24/h4-7,24H,1-3H3,(H,20,23). The van der Waals surface area contributed by atoms with Gasteiger partial charge in [-0.3, -0.25) is 14.7 Å². The molecule has 8 nitrogen and oxygen atoms in total. The van der Waals surface area contributed by atoms with Gasteiger partial charge in [0.25, 0.3) is 5.91 Å². The minimum Gasteiger partial charge on any atom is -0.304 e. The van der Waals surface area contributed by atoms with E-state index in [0.717, 1.165) is 5.69 Å². The lowest BCUT2D eigenvalue weighted by atomic mass is 10.2. The summed E-state index contributed by atoms with van der Waals surface area (Å²) in [4.78, 5) is 11.9. The van der Waals surface area contributed by atoms with E-state index in [1.165, 1.54) is 29.4 Å².